The summed E-state index contributed by atoms with van der Waals surface area (Å²) in [6.45, 7) is 5.84. The topological polar surface area (TPSA) is 32.7 Å². The highest BCUT2D eigenvalue weighted by atomic mass is 16.5. The number of fused-ring (bicyclic) bond motifs is 1. The number of hydrogen-bond donors (Lipinski definition) is 1. The summed E-state index contributed by atoms with van der Waals surface area (Å²) in [6, 6.07) is 16.3. The number of hydrogen-bond acceptors (Lipinski definition) is 3. The number of aliphatic hydroxyl groups is 1. The molecule has 2 aromatic carbocycles. The molecular formula is C20H23NO2. The van der Waals surface area contributed by atoms with Gasteiger partial charge in [-0.1, -0.05) is 42.0 Å². The van der Waals surface area contributed by atoms with Crippen molar-refractivity contribution in [3.05, 3.63) is 70.9 Å². The zero-order valence-corrected chi connectivity index (χ0v) is 13.7. The molecule has 0 saturated heterocycles. The third-order valence-electron chi connectivity index (χ3n) is 4.17. The highest BCUT2D eigenvalue weighted by Crippen LogP contribution is 2.24. The minimum Gasteiger partial charge on any atom is -0.491 e. The molecule has 3 rings (SSSR count). The van der Waals surface area contributed by atoms with E-state index in [0.29, 0.717) is 13.2 Å². The predicted molar refractivity (Wildman–Crippen MR) is 93.2 cm³/mol. The Labute approximate surface area is 137 Å². The van der Waals surface area contributed by atoms with Gasteiger partial charge in [0, 0.05) is 18.8 Å². The van der Waals surface area contributed by atoms with Crippen molar-refractivity contribution in [2.45, 2.75) is 26.5 Å². The van der Waals surface area contributed by atoms with Crippen LogP contribution in [0.4, 0.5) is 0 Å². The van der Waals surface area contributed by atoms with Crippen LogP contribution in [-0.2, 0) is 6.54 Å². The van der Waals surface area contributed by atoms with Crippen LogP contribution in [0.5, 0.6) is 5.75 Å². The van der Waals surface area contributed by atoms with Crippen molar-refractivity contribution in [1.29, 1.82) is 0 Å². The molecule has 0 spiro atoms. The molecule has 2 aromatic rings. The van der Waals surface area contributed by atoms with Crippen molar-refractivity contribution in [2.75, 3.05) is 13.2 Å². The molecule has 0 fully saturated rings. The van der Waals surface area contributed by atoms with E-state index in [1.807, 2.05) is 31.2 Å². The lowest BCUT2D eigenvalue weighted by molar-refractivity contribution is 0.0764. The van der Waals surface area contributed by atoms with Crippen molar-refractivity contribution >= 4 is 6.08 Å². The molecule has 120 valence electrons. The van der Waals surface area contributed by atoms with Crippen LogP contribution < -0.4 is 4.74 Å². The van der Waals surface area contributed by atoms with Crippen LogP contribution >= 0.6 is 0 Å². The lowest BCUT2D eigenvalue weighted by Crippen LogP contribution is -2.35. The lowest BCUT2D eigenvalue weighted by Gasteiger charge is -2.31. The molecule has 3 nitrogen and oxygen atoms in total. The zero-order valence-electron chi connectivity index (χ0n) is 13.7. The Bertz CT molecular complexity index is 691. The molecule has 0 amide bonds. The van der Waals surface area contributed by atoms with Gasteiger partial charge in [-0.05, 0) is 43.2 Å². The fourth-order valence-electron chi connectivity index (χ4n) is 2.81. The maximum absolute atomic E-state index is 10.3. The van der Waals surface area contributed by atoms with Gasteiger partial charge < -0.3 is 14.7 Å². The van der Waals surface area contributed by atoms with Crippen LogP contribution in [0.2, 0.25) is 0 Å². The average molecular weight is 309 g/mol. The van der Waals surface area contributed by atoms with Gasteiger partial charge in [0.15, 0.2) is 0 Å². The second-order valence-electron chi connectivity index (χ2n) is 6.14. The summed E-state index contributed by atoms with van der Waals surface area (Å²) < 4.78 is 5.67. The van der Waals surface area contributed by atoms with E-state index in [1.165, 1.54) is 22.4 Å². The number of nitrogens with zero attached hydrogens (tertiary/aromatic N) is 1. The van der Waals surface area contributed by atoms with Crippen LogP contribution in [0.1, 0.15) is 23.6 Å². The largest absolute Gasteiger partial charge is 0.491 e. The molecule has 0 bridgehead atoms. The van der Waals surface area contributed by atoms with Gasteiger partial charge in [0.2, 0.25) is 0 Å². The second-order valence-corrected chi connectivity index (χ2v) is 6.14. The van der Waals surface area contributed by atoms with Gasteiger partial charge in [-0.3, -0.25) is 0 Å². The molecule has 0 saturated carbocycles. The monoisotopic (exact) mass is 309 g/mol. The summed E-state index contributed by atoms with van der Waals surface area (Å²) in [5.74, 6) is 0.797. The van der Waals surface area contributed by atoms with Crippen LogP contribution in [0.25, 0.3) is 6.08 Å². The molecule has 1 N–H and O–H groups in total. The Kier molecular flexibility index (Phi) is 4.68. The predicted octanol–water partition coefficient (Wildman–Crippen LogP) is 3.61. The molecule has 1 aliphatic rings. The molecule has 0 aromatic heterocycles. The second kappa shape index (κ2) is 6.88. The van der Waals surface area contributed by atoms with Crippen molar-refractivity contribution in [1.82, 2.24) is 4.90 Å². The molecule has 23 heavy (non-hydrogen) atoms. The molecule has 1 heterocycles. The Balaban J connectivity index is 1.56. The van der Waals surface area contributed by atoms with E-state index in [0.717, 1.165) is 12.3 Å². The number of rotatable bonds is 5. The third kappa shape index (κ3) is 3.93. The van der Waals surface area contributed by atoms with Gasteiger partial charge >= 0.3 is 0 Å². The van der Waals surface area contributed by atoms with Crippen LogP contribution in [0.15, 0.2) is 54.2 Å². The standard InChI is InChI=1S/C20H23NO2/c1-15-7-9-20(10-8-15)23-14-19(22)13-21-12-18-6-4-3-5-17(18)11-16(21)2/h3-11,19,22H,12-14H2,1-2H3. The van der Waals surface area contributed by atoms with Crippen LogP contribution in [0.3, 0.4) is 0 Å². The normalized spacial score (nSPS) is 14.9. The minimum absolute atomic E-state index is 0.300. The van der Waals surface area contributed by atoms with E-state index in [9.17, 15) is 5.11 Å². The average Bonchev–Trinajstić information content (AvgIpc) is 2.55. The van der Waals surface area contributed by atoms with Gasteiger partial charge in [0.25, 0.3) is 0 Å². The van der Waals surface area contributed by atoms with Crippen molar-refractivity contribution in [2.24, 2.45) is 0 Å². The number of allylic oxidation sites excluding steroid dienone is 1. The molecular weight excluding hydrogens is 286 g/mol. The van der Waals surface area contributed by atoms with E-state index >= 15 is 0 Å². The fraction of sp³-hybridized carbons (Fsp3) is 0.300. The number of aryl methyl sites for hydroxylation is 1. The van der Waals surface area contributed by atoms with Gasteiger partial charge in [-0.2, -0.15) is 0 Å². The third-order valence-corrected chi connectivity index (χ3v) is 4.17. The van der Waals surface area contributed by atoms with Crippen molar-refractivity contribution < 1.29 is 9.84 Å². The summed E-state index contributed by atoms with van der Waals surface area (Å²) in [5, 5.41) is 10.3. The smallest absolute Gasteiger partial charge is 0.119 e. The quantitative estimate of drug-likeness (QED) is 0.916. The van der Waals surface area contributed by atoms with E-state index in [-0.39, 0.29) is 0 Å². The van der Waals surface area contributed by atoms with Gasteiger partial charge in [0.05, 0.1) is 0 Å². The minimum atomic E-state index is -0.523. The Morgan fingerprint density at radius 3 is 2.61 bits per heavy atom. The lowest BCUT2D eigenvalue weighted by atomic mass is 10.0. The van der Waals surface area contributed by atoms with E-state index in [2.05, 4.69) is 42.2 Å². The molecule has 3 heteroatoms. The Morgan fingerprint density at radius 1 is 1.09 bits per heavy atom. The number of aliphatic hydroxyl groups excluding tert-OH is 1. The highest BCUT2D eigenvalue weighted by molar-refractivity contribution is 5.58. The first-order valence-electron chi connectivity index (χ1n) is 8.00. The molecule has 1 atom stereocenters. The van der Waals surface area contributed by atoms with Gasteiger partial charge in [0.1, 0.15) is 18.5 Å². The highest BCUT2D eigenvalue weighted by Gasteiger charge is 2.18. The first kappa shape index (κ1) is 15.6. The van der Waals surface area contributed by atoms with Crippen LogP contribution in [-0.4, -0.2) is 29.3 Å². The zero-order chi connectivity index (χ0) is 16.2. The number of benzene rings is 2. The Morgan fingerprint density at radius 2 is 1.83 bits per heavy atom. The first-order valence-corrected chi connectivity index (χ1v) is 8.00. The van der Waals surface area contributed by atoms with E-state index in [1.54, 1.807) is 0 Å². The summed E-state index contributed by atoms with van der Waals surface area (Å²) in [6.07, 6.45) is 1.65. The molecule has 0 aliphatic carbocycles. The van der Waals surface area contributed by atoms with Crippen molar-refractivity contribution in [3.63, 3.8) is 0 Å². The van der Waals surface area contributed by atoms with Gasteiger partial charge in [-0.25, -0.2) is 0 Å². The summed E-state index contributed by atoms with van der Waals surface area (Å²) in [5.41, 5.74) is 4.94. The van der Waals surface area contributed by atoms with Crippen molar-refractivity contribution in [3.8, 4) is 5.75 Å². The maximum atomic E-state index is 10.3. The molecule has 1 unspecified atom stereocenters. The van der Waals surface area contributed by atoms with Crippen LogP contribution in [0, 0.1) is 6.92 Å². The number of β-amino-alcohol motifs (C(OH)–C–C–N with tert-alkyl or cyclic N) is 1. The number of ether oxygens (including phenoxy) is 1. The summed E-state index contributed by atoms with van der Waals surface area (Å²) >= 11 is 0. The Hall–Kier alpha value is -2.26. The fourth-order valence-corrected chi connectivity index (χ4v) is 2.81. The molecule has 1 aliphatic heterocycles. The summed E-state index contributed by atoms with van der Waals surface area (Å²) in [4.78, 5) is 2.20. The maximum Gasteiger partial charge on any atom is 0.119 e. The van der Waals surface area contributed by atoms with E-state index in [4.69, 9.17) is 4.74 Å². The van der Waals surface area contributed by atoms with E-state index < -0.39 is 6.10 Å². The summed E-state index contributed by atoms with van der Waals surface area (Å²) in [7, 11) is 0. The first-order chi connectivity index (χ1) is 11.1. The molecule has 0 radical (unpaired) electrons. The SMILES string of the molecule is CC1=Cc2ccccc2CN1CC(O)COc1ccc(C)cc1. The van der Waals surface area contributed by atoms with Gasteiger partial charge in [-0.15, -0.1) is 0 Å².